The lowest BCUT2D eigenvalue weighted by molar-refractivity contribution is 0.169. The normalized spacial score (nSPS) is 12.6. The molecule has 0 aliphatic carbocycles. The fraction of sp³-hybridized carbons (Fsp3) is 0.217. The number of fused-ring (bicyclic) bond motifs is 3. The first kappa shape index (κ1) is 20.0. The van der Waals surface area contributed by atoms with E-state index < -0.39 is 6.10 Å². The van der Waals surface area contributed by atoms with E-state index in [9.17, 15) is 5.11 Å². The van der Waals surface area contributed by atoms with Crippen LogP contribution < -0.4 is 5.32 Å². The summed E-state index contributed by atoms with van der Waals surface area (Å²) >= 11 is 4.72. The molecule has 0 amide bonds. The summed E-state index contributed by atoms with van der Waals surface area (Å²) in [6, 6.07) is 19.3. The molecule has 2 N–H and O–H groups in total. The highest BCUT2D eigenvalue weighted by atomic mass is 127. The molecule has 0 bridgehead atoms. The zero-order valence-corrected chi connectivity index (χ0v) is 20.2. The molecule has 0 spiro atoms. The van der Waals surface area contributed by atoms with Crippen LogP contribution in [0.25, 0.3) is 21.8 Å². The Bertz CT molecular complexity index is 1110. The number of aliphatic hydroxyl groups excluding tert-OH is 1. The number of hydrogen-bond acceptors (Lipinski definition) is 2. The van der Waals surface area contributed by atoms with Gasteiger partial charge in [0.05, 0.1) is 12.6 Å². The van der Waals surface area contributed by atoms with Crippen LogP contribution in [0.2, 0.25) is 0 Å². The van der Waals surface area contributed by atoms with Gasteiger partial charge in [-0.3, -0.25) is 0 Å². The molecule has 1 heterocycles. The van der Waals surface area contributed by atoms with Crippen LogP contribution in [0.15, 0.2) is 54.6 Å². The maximum Gasteiger partial charge on any atom is 0.0891 e. The summed E-state index contributed by atoms with van der Waals surface area (Å²) < 4.78 is 4.68. The third kappa shape index (κ3) is 4.02. The molecule has 0 radical (unpaired) electrons. The highest BCUT2D eigenvalue weighted by molar-refractivity contribution is 14.1. The molecule has 0 saturated heterocycles. The molecule has 4 rings (SSSR count). The number of anilines is 1. The number of nitrogens with zero attached hydrogens (tertiary/aromatic N) is 1. The summed E-state index contributed by atoms with van der Waals surface area (Å²) in [7, 11) is 0. The number of aryl methyl sites for hydroxylation is 2. The van der Waals surface area contributed by atoms with Crippen molar-refractivity contribution in [1.29, 1.82) is 0 Å². The van der Waals surface area contributed by atoms with Gasteiger partial charge in [-0.15, -0.1) is 0 Å². The first-order chi connectivity index (χ1) is 13.4. The lowest BCUT2D eigenvalue weighted by Gasteiger charge is -2.16. The van der Waals surface area contributed by atoms with E-state index in [0.29, 0.717) is 13.1 Å². The molecular formula is C23H22I2N2O. The molecule has 1 aromatic heterocycles. The van der Waals surface area contributed by atoms with E-state index in [4.69, 9.17) is 0 Å². The van der Waals surface area contributed by atoms with Gasteiger partial charge < -0.3 is 15.0 Å². The number of aromatic nitrogens is 1. The molecule has 5 heteroatoms. The minimum absolute atomic E-state index is 0.487. The van der Waals surface area contributed by atoms with Crippen LogP contribution in [-0.4, -0.2) is 22.3 Å². The Hall–Kier alpha value is -1.32. The van der Waals surface area contributed by atoms with E-state index in [1.807, 2.05) is 0 Å². The molecule has 0 aliphatic heterocycles. The van der Waals surface area contributed by atoms with Crippen LogP contribution >= 0.6 is 45.2 Å². The van der Waals surface area contributed by atoms with Crippen molar-refractivity contribution in [1.82, 2.24) is 4.57 Å². The van der Waals surface area contributed by atoms with E-state index in [1.165, 1.54) is 40.1 Å². The van der Waals surface area contributed by atoms with Gasteiger partial charge in [-0.25, -0.2) is 0 Å². The minimum Gasteiger partial charge on any atom is -0.389 e. The van der Waals surface area contributed by atoms with Crippen LogP contribution in [0.5, 0.6) is 0 Å². The third-order valence-corrected chi connectivity index (χ3v) is 6.57. The van der Waals surface area contributed by atoms with Crippen molar-refractivity contribution in [3.05, 3.63) is 72.9 Å². The van der Waals surface area contributed by atoms with Crippen molar-refractivity contribution in [3.63, 3.8) is 0 Å². The number of rotatable bonds is 5. The maximum absolute atomic E-state index is 10.7. The fourth-order valence-corrected chi connectivity index (χ4v) is 4.59. The topological polar surface area (TPSA) is 37.2 Å². The lowest BCUT2D eigenvalue weighted by atomic mass is 10.1. The van der Waals surface area contributed by atoms with Gasteiger partial charge >= 0.3 is 0 Å². The molecule has 1 unspecified atom stereocenters. The average Bonchev–Trinajstić information content (AvgIpc) is 2.95. The second-order valence-electron chi connectivity index (χ2n) is 7.27. The van der Waals surface area contributed by atoms with Crippen LogP contribution in [0, 0.1) is 21.0 Å². The zero-order chi connectivity index (χ0) is 19.8. The minimum atomic E-state index is -0.487. The fourth-order valence-electron chi connectivity index (χ4n) is 3.61. The summed E-state index contributed by atoms with van der Waals surface area (Å²) in [5.74, 6) is 0. The highest BCUT2D eigenvalue weighted by Crippen LogP contribution is 2.31. The molecule has 0 fully saturated rings. The van der Waals surface area contributed by atoms with Gasteiger partial charge in [0.2, 0.25) is 0 Å². The van der Waals surface area contributed by atoms with Gasteiger partial charge in [-0.05, 0) is 119 Å². The number of halogens is 2. The second-order valence-corrected chi connectivity index (χ2v) is 9.76. The maximum atomic E-state index is 10.7. The molecule has 0 aliphatic rings. The monoisotopic (exact) mass is 596 g/mol. The Labute approximate surface area is 192 Å². The summed E-state index contributed by atoms with van der Waals surface area (Å²) in [6.07, 6.45) is -0.487. The van der Waals surface area contributed by atoms with E-state index in [-0.39, 0.29) is 0 Å². The van der Waals surface area contributed by atoms with Crippen LogP contribution in [0.1, 0.15) is 11.1 Å². The Morgan fingerprint density at radius 1 is 0.857 bits per heavy atom. The summed E-state index contributed by atoms with van der Waals surface area (Å²) in [6.45, 7) is 5.29. The van der Waals surface area contributed by atoms with Crippen molar-refractivity contribution in [3.8, 4) is 0 Å². The molecule has 0 saturated carbocycles. The average molecular weight is 596 g/mol. The second kappa shape index (κ2) is 8.20. The zero-order valence-electron chi connectivity index (χ0n) is 15.8. The predicted octanol–water partition coefficient (Wildman–Crippen LogP) is 6.09. The van der Waals surface area contributed by atoms with Gasteiger partial charge in [0.15, 0.2) is 0 Å². The number of benzene rings is 3. The van der Waals surface area contributed by atoms with Gasteiger partial charge in [0, 0.05) is 41.2 Å². The first-order valence-electron chi connectivity index (χ1n) is 9.28. The van der Waals surface area contributed by atoms with Crippen molar-refractivity contribution >= 4 is 72.7 Å². The smallest absolute Gasteiger partial charge is 0.0891 e. The van der Waals surface area contributed by atoms with Crippen molar-refractivity contribution in [2.75, 3.05) is 11.9 Å². The Morgan fingerprint density at radius 3 is 2.04 bits per heavy atom. The SMILES string of the molecule is Cc1ccc(NCC(O)Cn2c3ccc(I)cc3c3cc(I)ccc32)cc1C. The van der Waals surface area contributed by atoms with Gasteiger partial charge in [0.1, 0.15) is 0 Å². The highest BCUT2D eigenvalue weighted by Gasteiger charge is 2.14. The molecule has 4 aromatic rings. The van der Waals surface area contributed by atoms with Gasteiger partial charge in [-0.1, -0.05) is 6.07 Å². The van der Waals surface area contributed by atoms with E-state index in [1.54, 1.807) is 0 Å². The molecular weight excluding hydrogens is 574 g/mol. The Balaban J connectivity index is 1.62. The molecule has 144 valence electrons. The quantitative estimate of drug-likeness (QED) is 0.274. The first-order valence-corrected chi connectivity index (χ1v) is 11.4. The summed E-state index contributed by atoms with van der Waals surface area (Å²) in [5, 5.41) is 16.6. The number of aliphatic hydroxyl groups is 1. The number of hydrogen-bond donors (Lipinski definition) is 2. The lowest BCUT2D eigenvalue weighted by Crippen LogP contribution is -2.24. The summed E-state index contributed by atoms with van der Waals surface area (Å²) in [4.78, 5) is 0. The van der Waals surface area contributed by atoms with E-state index >= 15 is 0 Å². The molecule has 3 nitrogen and oxygen atoms in total. The molecule has 28 heavy (non-hydrogen) atoms. The van der Waals surface area contributed by atoms with Gasteiger partial charge in [-0.2, -0.15) is 0 Å². The van der Waals surface area contributed by atoms with Gasteiger partial charge in [0.25, 0.3) is 0 Å². The van der Waals surface area contributed by atoms with Crippen molar-refractivity contribution < 1.29 is 5.11 Å². The Kier molecular flexibility index (Phi) is 5.85. The van der Waals surface area contributed by atoms with Crippen molar-refractivity contribution in [2.45, 2.75) is 26.5 Å². The van der Waals surface area contributed by atoms with Crippen molar-refractivity contribution in [2.24, 2.45) is 0 Å². The van der Waals surface area contributed by atoms with Crippen LogP contribution in [0.3, 0.4) is 0 Å². The van der Waals surface area contributed by atoms with E-state index in [2.05, 4.69) is 124 Å². The third-order valence-electron chi connectivity index (χ3n) is 5.23. The van der Waals surface area contributed by atoms with Crippen LogP contribution in [-0.2, 0) is 6.54 Å². The molecule has 1 atom stereocenters. The molecule has 3 aromatic carbocycles. The standard InChI is InChI=1S/C23H22I2N2O/c1-14-3-6-18(9-15(14)2)26-12-19(28)13-27-22-7-4-16(24)10-20(22)21-11-17(25)5-8-23(21)27/h3-11,19,26,28H,12-13H2,1-2H3. The van der Waals surface area contributed by atoms with E-state index in [0.717, 1.165) is 5.69 Å². The largest absolute Gasteiger partial charge is 0.389 e. The Morgan fingerprint density at radius 2 is 1.46 bits per heavy atom. The van der Waals surface area contributed by atoms with Crippen LogP contribution in [0.4, 0.5) is 5.69 Å². The predicted molar refractivity (Wildman–Crippen MR) is 135 cm³/mol. The number of nitrogens with one attached hydrogen (secondary N) is 1. The summed E-state index contributed by atoms with van der Waals surface area (Å²) in [5.41, 5.74) is 5.92.